The molecular formula is C15H11Br2NO2. The number of carbonyl (C=O) groups is 1. The average molecular weight is 397 g/mol. The van der Waals surface area contributed by atoms with Gasteiger partial charge in [-0.25, -0.2) is 0 Å². The van der Waals surface area contributed by atoms with Crippen molar-refractivity contribution < 1.29 is 9.53 Å². The Morgan fingerprint density at radius 2 is 1.85 bits per heavy atom. The molecule has 20 heavy (non-hydrogen) atoms. The summed E-state index contributed by atoms with van der Waals surface area (Å²) < 4.78 is 7.28. The minimum absolute atomic E-state index is 0.101. The lowest BCUT2D eigenvalue weighted by atomic mass is 10.1. The molecule has 0 aliphatic carbocycles. The van der Waals surface area contributed by atoms with Crippen molar-refractivity contribution in [1.82, 2.24) is 5.32 Å². The van der Waals surface area contributed by atoms with Crippen LogP contribution >= 0.6 is 31.9 Å². The maximum absolute atomic E-state index is 12.3. The Bertz CT molecular complexity index is 652. The summed E-state index contributed by atoms with van der Waals surface area (Å²) in [4.78, 5) is 12.3. The van der Waals surface area contributed by atoms with Crippen LogP contribution in [0.15, 0.2) is 51.4 Å². The summed E-state index contributed by atoms with van der Waals surface area (Å²) in [7, 11) is 0. The Morgan fingerprint density at radius 1 is 1.15 bits per heavy atom. The lowest BCUT2D eigenvalue weighted by Crippen LogP contribution is -2.29. The predicted octanol–water partition coefficient (Wildman–Crippen LogP) is 4.08. The van der Waals surface area contributed by atoms with Crippen molar-refractivity contribution in [1.29, 1.82) is 0 Å². The fourth-order valence-corrected chi connectivity index (χ4v) is 3.50. The number of hydrogen-bond donors (Lipinski definition) is 1. The van der Waals surface area contributed by atoms with Gasteiger partial charge >= 0.3 is 0 Å². The lowest BCUT2D eigenvalue weighted by Gasteiger charge is -2.12. The lowest BCUT2D eigenvalue weighted by molar-refractivity contribution is 0.0930. The molecule has 5 heteroatoms. The van der Waals surface area contributed by atoms with Crippen LogP contribution in [0.5, 0.6) is 5.75 Å². The van der Waals surface area contributed by atoms with Gasteiger partial charge in [0, 0.05) is 20.1 Å². The maximum Gasteiger partial charge on any atom is 0.251 e. The topological polar surface area (TPSA) is 38.3 Å². The molecule has 0 spiro atoms. The number of rotatable bonds is 2. The molecule has 1 atom stereocenters. The van der Waals surface area contributed by atoms with E-state index >= 15 is 0 Å². The van der Waals surface area contributed by atoms with Crippen molar-refractivity contribution in [3.8, 4) is 5.75 Å². The van der Waals surface area contributed by atoms with Crippen LogP contribution in [-0.2, 0) is 0 Å². The van der Waals surface area contributed by atoms with Crippen LogP contribution in [0.4, 0.5) is 0 Å². The van der Waals surface area contributed by atoms with E-state index in [4.69, 9.17) is 4.74 Å². The Hall–Kier alpha value is -1.33. The normalized spacial score (nSPS) is 16.4. The Labute approximate surface area is 133 Å². The van der Waals surface area contributed by atoms with Gasteiger partial charge in [0.25, 0.3) is 5.91 Å². The second kappa shape index (κ2) is 5.58. The average Bonchev–Trinajstić information content (AvgIpc) is 2.81. The van der Waals surface area contributed by atoms with E-state index in [2.05, 4.69) is 37.2 Å². The number of ether oxygens (including phenoxy) is 1. The van der Waals surface area contributed by atoms with Crippen molar-refractivity contribution in [2.75, 3.05) is 6.61 Å². The van der Waals surface area contributed by atoms with Crippen LogP contribution in [0.25, 0.3) is 0 Å². The van der Waals surface area contributed by atoms with Gasteiger partial charge in [0.05, 0.1) is 6.04 Å². The third-order valence-corrected chi connectivity index (χ3v) is 4.05. The Balaban J connectivity index is 1.80. The number of carbonyl (C=O) groups excluding carboxylic acids is 1. The standard InChI is InChI=1S/C15H11Br2NO2/c16-10-5-9(6-11(17)7-10)15(19)18-13-8-20-14-4-2-1-3-12(13)14/h1-7,13H,8H2,(H,18,19). The van der Waals surface area contributed by atoms with E-state index in [1.165, 1.54) is 0 Å². The van der Waals surface area contributed by atoms with Gasteiger partial charge in [-0.2, -0.15) is 0 Å². The van der Waals surface area contributed by atoms with Gasteiger partial charge in [0.2, 0.25) is 0 Å². The molecule has 1 aliphatic heterocycles. The molecule has 0 saturated heterocycles. The molecule has 2 aromatic carbocycles. The smallest absolute Gasteiger partial charge is 0.251 e. The van der Waals surface area contributed by atoms with Gasteiger partial charge in [-0.15, -0.1) is 0 Å². The third kappa shape index (κ3) is 2.74. The van der Waals surface area contributed by atoms with E-state index < -0.39 is 0 Å². The second-order valence-electron chi connectivity index (χ2n) is 4.53. The predicted molar refractivity (Wildman–Crippen MR) is 84.0 cm³/mol. The molecule has 1 unspecified atom stereocenters. The van der Waals surface area contributed by atoms with Crippen LogP contribution in [0, 0.1) is 0 Å². The first kappa shape index (κ1) is 13.6. The first-order chi connectivity index (χ1) is 9.63. The number of benzene rings is 2. The minimum atomic E-state index is -0.114. The van der Waals surface area contributed by atoms with E-state index in [0.717, 1.165) is 20.3 Å². The highest BCUT2D eigenvalue weighted by molar-refractivity contribution is 9.11. The molecule has 1 amide bonds. The van der Waals surface area contributed by atoms with E-state index in [0.29, 0.717) is 12.2 Å². The molecule has 1 N–H and O–H groups in total. The summed E-state index contributed by atoms with van der Waals surface area (Å²) in [6.07, 6.45) is 0. The van der Waals surface area contributed by atoms with Gasteiger partial charge in [-0.05, 0) is 24.3 Å². The summed E-state index contributed by atoms with van der Waals surface area (Å²) in [6, 6.07) is 13.1. The fraction of sp³-hybridized carbons (Fsp3) is 0.133. The van der Waals surface area contributed by atoms with Crippen molar-refractivity contribution in [2.24, 2.45) is 0 Å². The monoisotopic (exact) mass is 395 g/mol. The van der Waals surface area contributed by atoms with Crippen LogP contribution in [0.3, 0.4) is 0 Å². The van der Waals surface area contributed by atoms with Crippen molar-refractivity contribution >= 4 is 37.8 Å². The van der Waals surface area contributed by atoms with Crippen LogP contribution < -0.4 is 10.1 Å². The molecule has 0 radical (unpaired) electrons. The molecule has 3 nitrogen and oxygen atoms in total. The molecule has 0 bridgehead atoms. The van der Waals surface area contributed by atoms with Gasteiger partial charge in [0.15, 0.2) is 0 Å². The number of halogens is 2. The number of amides is 1. The van der Waals surface area contributed by atoms with Crippen molar-refractivity contribution in [2.45, 2.75) is 6.04 Å². The number of fused-ring (bicyclic) bond motifs is 1. The minimum Gasteiger partial charge on any atom is -0.491 e. The second-order valence-corrected chi connectivity index (χ2v) is 6.36. The SMILES string of the molecule is O=C(NC1COc2ccccc21)c1cc(Br)cc(Br)c1. The van der Waals surface area contributed by atoms with E-state index in [1.54, 1.807) is 12.1 Å². The highest BCUT2D eigenvalue weighted by Gasteiger charge is 2.25. The van der Waals surface area contributed by atoms with Crippen LogP contribution in [0.1, 0.15) is 22.0 Å². The highest BCUT2D eigenvalue weighted by atomic mass is 79.9. The van der Waals surface area contributed by atoms with Gasteiger partial charge in [0.1, 0.15) is 12.4 Å². The van der Waals surface area contributed by atoms with E-state index in [9.17, 15) is 4.79 Å². The first-order valence-electron chi connectivity index (χ1n) is 6.12. The molecule has 1 aliphatic rings. The summed E-state index contributed by atoms with van der Waals surface area (Å²) in [5.74, 6) is 0.727. The van der Waals surface area contributed by atoms with Crippen LogP contribution in [-0.4, -0.2) is 12.5 Å². The molecule has 2 aromatic rings. The quantitative estimate of drug-likeness (QED) is 0.830. The fourth-order valence-electron chi connectivity index (χ4n) is 2.21. The third-order valence-electron chi connectivity index (χ3n) is 3.13. The molecule has 102 valence electrons. The summed E-state index contributed by atoms with van der Waals surface area (Å²) in [6.45, 7) is 0.472. The zero-order chi connectivity index (χ0) is 14.1. The Kier molecular flexibility index (Phi) is 3.81. The molecule has 3 rings (SSSR count). The highest BCUT2D eigenvalue weighted by Crippen LogP contribution is 2.32. The van der Waals surface area contributed by atoms with Gasteiger partial charge < -0.3 is 10.1 Å². The van der Waals surface area contributed by atoms with E-state index in [1.807, 2.05) is 30.3 Å². The molecular weight excluding hydrogens is 386 g/mol. The van der Waals surface area contributed by atoms with Crippen LogP contribution in [0.2, 0.25) is 0 Å². The number of para-hydroxylation sites is 1. The van der Waals surface area contributed by atoms with E-state index in [-0.39, 0.29) is 11.9 Å². The molecule has 0 fully saturated rings. The van der Waals surface area contributed by atoms with Gasteiger partial charge in [-0.3, -0.25) is 4.79 Å². The maximum atomic E-state index is 12.3. The Morgan fingerprint density at radius 3 is 2.60 bits per heavy atom. The van der Waals surface area contributed by atoms with Crippen molar-refractivity contribution in [3.63, 3.8) is 0 Å². The van der Waals surface area contributed by atoms with Crippen molar-refractivity contribution in [3.05, 3.63) is 62.5 Å². The summed E-state index contributed by atoms with van der Waals surface area (Å²) in [5, 5.41) is 3.00. The zero-order valence-corrected chi connectivity index (χ0v) is 13.6. The van der Waals surface area contributed by atoms with Gasteiger partial charge in [-0.1, -0.05) is 50.1 Å². The first-order valence-corrected chi connectivity index (χ1v) is 7.71. The summed E-state index contributed by atoms with van der Waals surface area (Å²) in [5.41, 5.74) is 1.63. The summed E-state index contributed by atoms with van der Waals surface area (Å²) >= 11 is 6.77. The number of nitrogens with one attached hydrogen (secondary N) is 1. The molecule has 0 saturated carbocycles. The number of hydrogen-bond acceptors (Lipinski definition) is 2. The zero-order valence-electron chi connectivity index (χ0n) is 10.4. The molecule has 1 heterocycles. The molecule has 0 aromatic heterocycles. The largest absolute Gasteiger partial charge is 0.491 e.